The van der Waals surface area contributed by atoms with Gasteiger partial charge in [-0.15, -0.1) is 0 Å². The van der Waals surface area contributed by atoms with Gasteiger partial charge in [-0.05, 0) is 67.9 Å². The van der Waals surface area contributed by atoms with Crippen LogP contribution in [0.5, 0.6) is 0 Å². The van der Waals surface area contributed by atoms with Crippen molar-refractivity contribution >= 4 is 0 Å². The minimum Gasteiger partial charge on any atom is -0.316 e. The quantitative estimate of drug-likeness (QED) is 0.681. The Morgan fingerprint density at radius 1 is 1.05 bits per heavy atom. The molecule has 0 radical (unpaired) electrons. The van der Waals surface area contributed by atoms with E-state index in [1.165, 1.54) is 64.5 Å². The summed E-state index contributed by atoms with van der Waals surface area (Å²) in [6.45, 7) is 12.0. The number of hydrogen-bond acceptors (Lipinski definition) is 1. The van der Waals surface area contributed by atoms with Gasteiger partial charge in [0.1, 0.15) is 0 Å². The summed E-state index contributed by atoms with van der Waals surface area (Å²) in [6, 6.07) is 0. The molecule has 2 rings (SSSR count). The van der Waals surface area contributed by atoms with Gasteiger partial charge in [0.25, 0.3) is 0 Å². The van der Waals surface area contributed by atoms with Crippen LogP contribution in [0.25, 0.3) is 0 Å². The van der Waals surface area contributed by atoms with Crippen LogP contribution in [0.3, 0.4) is 0 Å². The molecule has 5 unspecified atom stereocenters. The third kappa shape index (κ3) is 5.27. The Bertz CT molecular complexity index is 286. The average Bonchev–Trinajstić information content (AvgIpc) is 2.47. The summed E-state index contributed by atoms with van der Waals surface area (Å²) in [5, 5.41) is 3.77. The zero-order valence-electron chi connectivity index (χ0n) is 15.0. The number of nitrogens with one attached hydrogen (secondary N) is 1. The largest absolute Gasteiger partial charge is 0.316 e. The van der Waals surface area contributed by atoms with Crippen molar-refractivity contribution in [3.05, 3.63) is 0 Å². The molecule has 124 valence electrons. The second kappa shape index (κ2) is 8.56. The molecule has 0 aromatic rings. The van der Waals surface area contributed by atoms with Crippen LogP contribution in [-0.4, -0.2) is 13.1 Å². The Morgan fingerprint density at radius 2 is 1.86 bits per heavy atom. The lowest BCUT2D eigenvalue weighted by molar-refractivity contribution is 0.0805. The van der Waals surface area contributed by atoms with Crippen molar-refractivity contribution < 1.29 is 0 Å². The van der Waals surface area contributed by atoms with Crippen LogP contribution in [-0.2, 0) is 0 Å². The molecule has 2 saturated carbocycles. The number of rotatable bonds is 6. The van der Waals surface area contributed by atoms with Crippen molar-refractivity contribution in [3.8, 4) is 0 Å². The Hall–Kier alpha value is -0.0400. The van der Waals surface area contributed by atoms with E-state index in [0.29, 0.717) is 0 Å². The summed E-state index contributed by atoms with van der Waals surface area (Å²) in [4.78, 5) is 0. The van der Waals surface area contributed by atoms with Gasteiger partial charge in [-0.2, -0.15) is 0 Å². The summed E-state index contributed by atoms with van der Waals surface area (Å²) in [5.41, 5.74) is 0. The van der Waals surface area contributed by atoms with Gasteiger partial charge in [-0.1, -0.05) is 59.8 Å². The van der Waals surface area contributed by atoms with Crippen molar-refractivity contribution in [1.82, 2.24) is 5.32 Å². The van der Waals surface area contributed by atoms with E-state index >= 15 is 0 Å². The Balaban J connectivity index is 1.92. The summed E-state index contributed by atoms with van der Waals surface area (Å²) >= 11 is 0. The molecule has 0 aromatic heterocycles. The molecular weight excluding hydrogens is 254 g/mol. The first-order valence-corrected chi connectivity index (χ1v) is 9.80. The molecule has 0 aromatic carbocycles. The molecule has 1 N–H and O–H groups in total. The molecule has 5 atom stereocenters. The summed E-state index contributed by atoms with van der Waals surface area (Å²) in [5.74, 6) is 5.80. The van der Waals surface area contributed by atoms with E-state index in [-0.39, 0.29) is 0 Å². The van der Waals surface area contributed by atoms with Crippen molar-refractivity contribution in [3.63, 3.8) is 0 Å². The van der Waals surface area contributed by atoms with Gasteiger partial charge in [0, 0.05) is 0 Å². The summed E-state index contributed by atoms with van der Waals surface area (Å²) in [6.07, 6.45) is 11.9. The smallest absolute Gasteiger partial charge is 0.00176 e. The lowest BCUT2D eigenvalue weighted by atomic mass is 9.63. The molecule has 1 nitrogen and oxygen atoms in total. The molecule has 0 amide bonds. The molecular formula is C20H39N. The van der Waals surface area contributed by atoms with Gasteiger partial charge in [0.05, 0.1) is 0 Å². The van der Waals surface area contributed by atoms with Crippen molar-refractivity contribution in [2.45, 2.75) is 79.1 Å². The highest BCUT2D eigenvalue weighted by molar-refractivity contribution is 4.87. The first-order valence-electron chi connectivity index (χ1n) is 9.80. The molecule has 0 aliphatic heterocycles. The van der Waals surface area contributed by atoms with E-state index in [9.17, 15) is 0 Å². The minimum absolute atomic E-state index is 0.783. The lowest BCUT2D eigenvalue weighted by Crippen LogP contribution is -2.39. The second-order valence-corrected chi connectivity index (χ2v) is 8.60. The van der Waals surface area contributed by atoms with Crippen LogP contribution >= 0.6 is 0 Å². The predicted octanol–water partition coefficient (Wildman–Crippen LogP) is 5.50. The Morgan fingerprint density at radius 3 is 2.52 bits per heavy atom. The average molecular weight is 294 g/mol. The molecule has 0 bridgehead atoms. The summed E-state index contributed by atoms with van der Waals surface area (Å²) in [7, 11) is 0. The zero-order valence-corrected chi connectivity index (χ0v) is 15.0. The van der Waals surface area contributed by atoms with Gasteiger partial charge < -0.3 is 5.32 Å². The van der Waals surface area contributed by atoms with Gasteiger partial charge in [-0.3, -0.25) is 0 Å². The fraction of sp³-hybridized carbons (Fsp3) is 1.00. The highest BCUT2D eigenvalue weighted by atomic mass is 14.9. The standard InChI is InChI=1S/C20H39N/c1-5-17-9-10-19(14-21-13-15(2)3)20(12-17)18-8-6-7-16(4)11-18/h15-21H,5-14H2,1-4H3. The predicted molar refractivity (Wildman–Crippen MR) is 93.4 cm³/mol. The minimum atomic E-state index is 0.783. The lowest BCUT2D eigenvalue weighted by Gasteiger charge is -2.43. The van der Waals surface area contributed by atoms with Crippen LogP contribution in [0.1, 0.15) is 79.1 Å². The van der Waals surface area contributed by atoms with Crippen LogP contribution in [0, 0.1) is 35.5 Å². The van der Waals surface area contributed by atoms with Crippen molar-refractivity contribution in [1.29, 1.82) is 0 Å². The molecule has 2 aliphatic carbocycles. The van der Waals surface area contributed by atoms with E-state index in [0.717, 1.165) is 35.5 Å². The van der Waals surface area contributed by atoms with E-state index in [1.807, 2.05) is 0 Å². The maximum Gasteiger partial charge on any atom is -0.00176 e. The summed E-state index contributed by atoms with van der Waals surface area (Å²) < 4.78 is 0. The van der Waals surface area contributed by atoms with Gasteiger partial charge in [0.2, 0.25) is 0 Å². The second-order valence-electron chi connectivity index (χ2n) is 8.60. The van der Waals surface area contributed by atoms with Crippen LogP contribution in [0.2, 0.25) is 0 Å². The molecule has 0 spiro atoms. The highest BCUT2D eigenvalue weighted by Crippen LogP contribution is 2.45. The molecule has 0 saturated heterocycles. The molecule has 21 heavy (non-hydrogen) atoms. The third-order valence-corrected chi connectivity index (χ3v) is 6.28. The fourth-order valence-electron chi connectivity index (χ4n) is 4.99. The Labute approximate surface area is 133 Å². The van der Waals surface area contributed by atoms with Crippen molar-refractivity contribution in [2.24, 2.45) is 35.5 Å². The topological polar surface area (TPSA) is 12.0 Å². The first kappa shape index (κ1) is 17.3. The van der Waals surface area contributed by atoms with E-state index < -0.39 is 0 Å². The van der Waals surface area contributed by atoms with E-state index in [1.54, 1.807) is 0 Å². The van der Waals surface area contributed by atoms with E-state index in [4.69, 9.17) is 0 Å². The van der Waals surface area contributed by atoms with Gasteiger partial charge in [-0.25, -0.2) is 0 Å². The molecule has 1 heteroatoms. The van der Waals surface area contributed by atoms with Crippen LogP contribution in [0.4, 0.5) is 0 Å². The Kier molecular flexibility index (Phi) is 7.05. The maximum absolute atomic E-state index is 3.77. The van der Waals surface area contributed by atoms with Gasteiger partial charge in [0.15, 0.2) is 0 Å². The maximum atomic E-state index is 3.77. The van der Waals surface area contributed by atoms with Gasteiger partial charge >= 0.3 is 0 Å². The SMILES string of the molecule is CCC1CCC(CNCC(C)C)C(C2CCCC(C)C2)C1. The molecule has 2 aliphatic rings. The van der Waals surface area contributed by atoms with E-state index in [2.05, 4.69) is 33.0 Å². The monoisotopic (exact) mass is 293 g/mol. The molecule has 0 heterocycles. The fourth-order valence-corrected chi connectivity index (χ4v) is 4.99. The third-order valence-electron chi connectivity index (χ3n) is 6.28. The number of hydrogen-bond donors (Lipinski definition) is 1. The zero-order chi connectivity index (χ0) is 15.2. The van der Waals surface area contributed by atoms with Crippen LogP contribution in [0.15, 0.2) is 0 Å². The highest BCUT2D eigenvalue weighted by Gasteiger charge is 2.36. The molecule has 2 fully saturated rings. The first-order chi connectivity index (χ1) is 10.1. The van der Waals surface area contributed by atoms with Crippen LogP contribution < -0.4 is 5.32 Å². The normalized spacial score (nSPS) is 37.9. The van der Waals surface area contributed by atoms with Crippen molar-refractivity contribution in [2.75, 3.05) is 13.1 Å².